The molecule has 1 heterocycles. The van der Waals surface area contributed by atoms with Crippen LogP contribution in [0.1, 0.15) is 47.8 Å². The second kappa shape index (κ2) is 4.85. The Balaban J connectivity index is 2.39. The molecule has 1 aliphatic carbocycles. The first-order valence-corrected chi connectivity index (χ1v) is 7.63. The monoisotopic (exact) mass is 333 g/mol. The Bertz CT molecular complexity index is 711. The average Bonchev–Trinajstić information content (AvgIpc) is 2.40. The highest BCUT2D eigenvalue weighted by Gasteiger charge is 2.29. The summed E-state index contributed by atoms with van der Waals surface area (Å²) in [6.07, 6.45) is 1.83. The normalized spacial score (nSPS) is 21.8. The van der Waals surface area contributed by atoms with Crippen LogP contribution in [0.4, 0.5) is 0 Å². The zero-order valence-electron chi connectivity index (χ0n) is 11.5. The third kappa shape index (κ3) is 2.03. The smallest absolute Gasteiger partial charge is 0.336 e. The molecule has 0 fully saturated rings. The van der Waals surface area contributed by atoms with E-state index in [1.807, 2.05) is 18.2 Å². The molecule has 0 spiro atoms. The van der Waals surface area contributed by atoms with Gasteiger partial charge in [-0.25, -0.2) is 4.79 Å². The van der Waals surface area contributed by atoms with Gasteiger partial charge in [0.2, 0.25) is 0 Å². The average molecular weight is 334 g/mol. The van der Waals surface area contributed by atoms with E-state index in [1.54, 1.807) is 0 Å². The molecule has 3 nitrogen and oxygen atoms in total. The first kappa shape index (κ1) is 13.6. The summed E-state index contributed by atoms with van der Waals surface area (Å²) in [7, 11) is 0. The SMILES string of the molecule is CC1CCc2c(nc3ccc(Br)cc3c2C(=O)O)C1C. The third-order valence-corrected chi connectivity index (χ3v) is 4.92. The van der Waals surface area contributed by atoms with E-state index in [1.165, 1.54) is 0 Å². The molecule has 104 valence electrons. The molecule has 2 unspecified atom stereocenters. The Labute approximate surface area is 126 Å². The minimum atomic E-state index is -0.853. The van der Waals surface area contributed by atoms with Gasteiger partial charge in [-0.1, -0.05) is 29.8 Å². The lowest BCUT2D eigenvalue weighted by Gasteiger charge is -2.29. The van der Waals surface area contributed by atoms with Gasteiger partial charge in [0.05, 0.1) is 11.1 Å². The van der Waals surface area contributed by atoms with Gasteiger partial charge in [-0.3, -0.25) is 4.98 Å². The Hall–Kier alpha value is -1.42. The van der Waals surface area contributed by atoms with Gasteiger partial charge in [0.15, 0.2) is 0 Å². The lowest BCUT2D eigenvalue weighted by atomic mass is 9.78. The summed E-state index contributed by atoms with van der Waals surface area (Å²) >= 11 is 3.41. The highest BCUT2D eigenvalue weighted by atomic mass is 79.9. The molecule has 3 rings (SSSR count). The van der Waals surface area contributed by atoms with E-state index in [-0.39, 0.29) is 0 Å². The van der Waals surface area contributed by atoms with Crippen molar-refractivity contribution in [3.05, 3.63) is 39.5 Å². The van der Waals surface area contributed by atoms with Crippen molar-refractivity contribution in [3.8, 4) is 0 Å². The minimum absolute atomic E-state index is 0.310. The zero-order chi connectivity index (χ0) is 14.4. The topological polar surface area (TPSA) is 50.2 Å². The van der Waals surface area contributed by atoms with Crippen LogP contribution in [0.5, 0.6) is 0 Å². The number of rotatable bonds is 1. The van der Waals surface area contributed by atoms with Gasteiger partial charge in [0, 0.05) is 21.5 Å². The quantitative estimate of drug-likeness (QED) is 0.842. The van der Waals surface area contributed by atoms with Crippen LogP contribution >= 0.6 is 15.9 Å². The number of nitrogens with zero attached hydrogens (tertiary/aromatic N) is 1. The number of aromatic nitrogens is 1. The number of carboxylic acid groups (broad SMARTS) is 1. The number of carboxylic acids is 1. The zero-order valence-corrected chi connectivity index (χ0v) is 13.1. The summed E-state index contributed by atoms with van der Waals surface area (Å²) in [5.74, 6) is 0.00273. The Morgan fingerprint density at radius 1 is 1.40 bits per heavy atom. The molecule has 1 aliphatic rings. The molecular weight excluding hydrogens is 318 g/mol. The van der Waals surface area contributed by atoms with Gasteiger partial charge >= 0.3 is 5.97 Å². The summed E-state index contributed by atoms with van der Waals surface area (Å²) in [6, 6.07) is 5.65. The van der Waals surface area contributed by atoms with E-state index < -0.39 is 5.97 Å². The van der Waals surface area contributed by atoms with Crippen molar-refractivity contribution in [2.24, 2.45) is 5.92 Å². The van der Waals surface area contributed by atoms with Crippen LogP contribution in [0.2, 0.25) is 0 Å². The van der Waals surface area contributed by atoms with E-state index in [9.17, 15) is 9.90 Å². The molecule has 0 bridgehead atoms. The largest absolute Gasteiger partial charge is 0.478 e. The van der Waals surface area contributed by atoms with Gasteiger partial charge in [-0.05, 0) is 42.5 Å². The van der Waals surface area contributed by atoms with Crippen LogP contribution in [0.3, 0.4) is 0 Å². The second-order valence-corrected chi connectivity index (χ2v) is 6.54. The highest BCUT2D eigenvalue weighted by molar-refractivity contribution is 9.10. The maximum atomic E-state index is 11.7. The first-order chi connectivity index (χ1) is 9.49. The van der Waals surface area contributed by atoms with Crippen LogP contribution in [-0.4, -0.2) is 16.1 Å². The number of halogens is 1. The van der Waals surface area contributed by atoms with Crippen LogP contribution in [0.15, 0.2) is 22.7 Å². The minimum Gasteiger partial charge on any atom is -0.478 e. The maximum Gasteiger partial charge on any atom is 0.336 e. The number of benzene rings is 1. The molecule has 1 aromatic carbocycles. The standard InChI is InChI=1S/C16H16BrNO2/c1-8-3-5-11-14(16(19)20)12-7-10(17)4-6-13(12)18-15(11)9(8)2/h4,6-9H,3,5H2,1-2H3,(H,19,20). The molecule has 20 heavy (non-hydrogen) atoms. The number of carbonyl (C=O) groups is 1. The van der Waals surface area contributed by atoms with E-state index in [2.05, 4.69) is 29.8 Å². The van der Waals surface area contributed by atoms with Crippen molar-refractivity contribution < 1.29 is 9.90 Å². The van der Waals surface area contributed by atoms with Crippen molar-refractivity contribution in [2.75, 3.05) is 0 Å². The summed E-state index contributed by atoms with van der Waals surface area (Å²) in [6.45, 7) is 4.35. The fourth-order valence-electron chi connectivity index (χ4n) is 3.06. The van der Waals surface area contributed by atoms with Crippen LogP contribution in [-0.2, 0) is 6.42 Å². The first-order valence-electron chi connectivity index (χ1n) is 6.84. The molecule has 0 saturated carbocycles. The highest BCUT2D eigenvalue weighted by Crippen LogP contribution is 2.38. The van der Waals surface area contributed by atoms with Gasteiger partial charge in [0.1, 0.15) is 0 Å². The van der Waals surface area contributed by atoms with Gasteiger partial charge in [0.25, 0.3) is 0 Å². The lowest BCUT2D eigenvalue weighted by Crippen LogP contribution is -2.21. The molecule has 2 atom stereocenters. The fourth-order valence-corrected chi connectivity index (χ4v) is 3.42. The second-order valence-electron chi connectivity index (χ2n) is 5.62. The molecular formula is C16H16BrNO2. The van der Waals surface area contributed by atoms with Crippen LogP contribution < -0.4 is 0 Å². The molecule has 0 amide bonds. The van der Waals surface area contributed by atoms with Crippen molar-refractivity contribution >= 4 is 32.8 Å². The number of hydrogen-bond acceptors (Lipinski definition) is 2. The van der Waals surface area contributed by atoms with Crippen molar-refractivity contribution in [1.82, 2.24) is 4.98 Å². The summed E-state index contributed by atoms with van der Waals surface area (Å²) < 4.78 is 0.881. The summed E-state index contributed by atoms with van der Waals surface area (Å²) in [5.41, 5.74) is 3.10. The van der Waals surface area contributed by atoms with Crippen LogP contribution in [0.25, 0.3) is 10.9 Å². The maximum absolute atomic E-state index is 11.7. The summed E-state index contributed by atoms with van der Waals surface area (Å²) in [5, 5.41) is 10.4. The molecule has 0 saturated heterocycles. The molecule has 2 aromatic rings. The molecule has 1 N–H and O–H groups in total. The fraction of sp³-hybridized carbons (Fsp3) is 0.375. The lowest BCUT2D eigenvalue weighted by molar-refractivity contribution is 0.0697. The predicted octanol–water partition coefficient (Wildman–Crippen LogP) is 4.38. The number of fused-ring (bicyclic) bond motifs is 2. The Morgan fingerprint density at radius 2 is 2.15 bits per heavy atom. The molecule has 4 heteroatoms. The molecule has 0 radical (unpaired) electrons. The predicted molar refractivity (Wildman–Crippen MR) is 82.3 cm³/mol. The summed E-state index contributed by atoms with van der Waals surface area (Å²) in [4.78, 5) is 16.5. The van der Waals surface area contributed by atoms with Gasteiger partial charge in [-0.2, -0.15) is 0 Å². The number of pyridine rings is 1. The number of hydrogen-bond donors (Lipinski definition) is 1. The number of aromatic carboxylic acids is 1. The molecule has 0 aliphatic heterocycles. The Kier molecular flexibility index (Phi) is 3.28. The van der Waals surface area contributed by atoms with Crippen molar-refractivity contribution in [2.45, 2.75) is 32.6 Å². The van der Waals surface area contributed by atoms with Gasteiger partial charge in [-0.15, -0.1) is 0 Å². The van der Waals surface area contributed by atoms with Crippen molar-refractivity contribution in [1.29, 1.82) is 0 Å². The third-order valence-electron chi connectivity index (χ3n) is 4.43. The van der Waals surface area contributed by atoms with E-state index in [0.717, 1.165) is 39.5 Å². The van der Waals surface area contributed by atoms with Crippen molar-refractivity contribution in [3.63, 3.8) is 0 Å². The van der Waals surface area contributed by atoms with Gasteiger partial charge < -0.3 is 5.11 Å². The van der Waals surface area contributed by atoms with Crippen LogP contribution in [0, 0.1) is 5.92 Å². The van der Waals surface area contributed by atoms with E-state index >= 15 is 0 Å². The Morgan fingerprint density at radius 3 is 2.85 bits per heavy atom. The molecule has 1 aromatic heterocycles. The van der Waals surface area contributed by atoms with E-state index in [0.29, 0.717) is 17.4 Å². The van der Waals surface area contributed by atoms with E-state index in [4.69, 9.17) is 4.98 Å².